The Morgan fingerprint density at radius 2 is 1.80 bits per heavy atom. The first-order chi connectivity index (χ1) is 19.6. The molecule has 0 unspecified atom stereocenters. The normalized spacial score (nSPS) is 16.6. The number of rotatable bonds is 6. The van der Waals surface area contributed by atoms with E-state index in [0.29, 0.717) is 25.0 Å². The van der Waals surface area contributed by atoms with Crippen molar-refractivity contribution in [2.24, 2.45) is 0 Å². The van der Waals surface area contributed by atoms with Gasteiger partial charge in [-0.25, -0.2) is 9.50 Å². The summed E-state index contributed by atoms with van der Waals surface area (Å²) in [5.74, 6) is 0.923. The number of anilines is 3. The van der Waals surface area contributed by atoms with Crippen LogP contribution in [0.25, 0.3) is 5.65 Å². The first kappa shape index (κ1) is 26.8. The number of carbonyl (C=O) groups is 1. The number of carbonyl (C=O) groups excluding carboxylic acids is 1. The molecular formula is C28H29F3N8O2. The lowest BCUT2D eigenvalue weighted by atomic mass is 10.1. The fraction of sp³-hybridized carbons (Fsp3) is 0.357. The zero-order chi connectivity index (χ0) is 28.7. The summed E-state index contributed by atoms with van der Waals surface area (Å²) in [6.45, 7) is 6.95. The SMILES string of the molecule is Cc1ccc(C(=O)Nc2cncc(C(F)(F)F)c2)cc1OC1CN(c2cnn3ccc(N4CCN(C)CC4)nc23)C1. The minimum atomic E-state index is -4.55. The van der Waals surface area contributed by atoms with Crippen LogP contribution in [-0.2, 0) is 6.18 Å². The molecule has 1 aromatic carbocycles. The van der Waals surface area contributed by atoms with Gasteiger partial charge < -0.3 is 24.8 Å². The van der Waals surface area contributed by atoms with Crippen LogP contribution in [0.4, 0.5) is 30.4 Å². The molecule has 5 heterocycles. The zero-order valence-electron chi connectivity index (χ0n) is 22.6. The maximum atomic E-state index is 13.0. The number of benzene rings is 1. The highest BCUT2D eigenvalue weighted by molar-refractivity contribution is 6.04. The van der Waals surface area contributed by atoms with Crippen molar-refractivity contribution in [2.75, 3.05) is 61.4 Å². The van der Waals surface area contributed by atoms with Crippen LogP contribution in [0.5, 0.6) is 5.75 Å². The fourth-order valence-corrected chi connectivity index (χ4v) is 4.91. The third kappa shape index (κ3) is 5.62. The molecule has 1 amide bonds. The van der Waals surface area contributed by atoms with E-state index in [1.807, 2.05) is 25.4 Å². The number of amides is 1. The first-order valence-electron chi connectivity index (χ1n) is 13.3. The van der Waals surface area contributed by atoms with Gasteiger partial charge in [-0.15, -0.1) is 0 Å². The number of alkyl halides is 3. The Bertz CT molecular complexity index is 1580. The molecule has 4 aromatic rings. The van der Waals surface area contributed by atoms with Crippen LogP contribution in [0.1, 0.15) is 21.5 Å². The van der Waals surface area contributed by atoms with Gasteiger partial charge >= 0.3 is 6.18 Å². The summed E-state index contributed by atoms with van der Waals surface area (Å²) in [7, 11) is 2.12. The standard InChI is InChI=1S/C28H29F3N8O2/c1-18-3-4-19(27(40)34-21-12-20(13-32-14-21)28(29,30)31)11-24(18)41-22-16-38(17-22)23-15-33-39-6-5-25(35-26(23)39)37-9-7-36(2)8-10-37/h3-6,11-15,22H,7-10,16-17H2,1-2H3,(H,34,40). The molecule has 2 fully saturated rings. The van der Waals surface area contributed by atoms with Gasteiger partial charge in [0.25, 0.3) is 5.91 Å². The summed E-state index contributed by atoms with van der Waals surface area (Å²) in [6, 6.07) is 7.80. The average molecular weight is 567 g/mol. The van der Waals surface area contributed by atoms with Gasteiger partial charge in [-0.3, -0.25) is 9.78 Å². The zero-order valence-corrected chi connectivity index (χ0v) is 22.6. The lowest BCUT2D eigenvalue weighted by Gasteiger charge is -2.40. The van der Waals surface area contributed by atoms with E-state index in [-0.39, 0.29) is 17.4 Å². The van der Waals surface area contributed by atoms with Gasteiger partial charge in [-0.2, -0.15) is 18.3 Å². The molecule has 2 aliphatic rings. The lowest BCUT2D eigenvalue weighted by Crippen LogP contribution is -2.54. The lowest BCUT2D eigenvalue weighted by molar-refractivity contribution is -0.137. The number of hydrogen-bond acceptors (Lipinski definition) is 8. The Morgan fingerprint density at radius 3 is 2.56 bits per heavy atom. The highest BCUT2D eigenvalue weighted by Crippen LogP contribution is 2.31. The molecule has 13 heteroatoms. The van der Waals surface area contributed by atoms with Crippen LogP contribution in [0.2, 0.25) is 0 Å². The van der Waals surface area contributed by atoms with Gasteiger partial charge in [-0.1, -0.05) is 6.07 Å². The number of nitrogens with one attached hydrogen (secondary N) is 1. The molecule has 2 saturated heterocycles. The van der Waals surface area contributed by atoms with Crippen molar-refractivity contribution in [1.29, 1.82) is 0 Å². The Hall–Kier alpha value is -4.39. The van der Waals surface area contributed by atoms with E-state index >= 15 is 0 Å². The summed E-state index contributed by atoms with van der Waals surface area (Å²) in [5.41, 5.74) is 1.85. The Morgan fingerprint density at radius 1 is 1.02 bits per heavy atom. The van der Waals surface area contributed by atoms with E-state index in [9.17, 15) is 18.0 Å². The van der Waals surface area contributed by atoms with Crippen molar-refractivity contribution in [2.45, 2.75) is 19.2 Å². The van der Waals surface area contributed by atoms with Gasteiger partial charge in [0.05, 0.1) is 36.7 Å². The largest absolute Gasteiger partial charge is 0.486 e. The van der Waals surface area contributed by atoms with E-state index in [0.717, 1.165) is 55.0 Å². The number of piperazine rings is 1. The number of pyridine rings is 1. The highest BCUT2D eigenvalue weighted by atomic mass is 19.4. The van der Waals surface area contributed by atoms with E-state index in [1.165, 1.54) is 6.20 Å². The van der Waals surface area contributed by atoms with Crippen molar-refractivity contribution in [3.63, 3.8) is 0 Å². The van der Waals surface area contributed by atoms with Gasteiger partial charge in [0.1, 0.15) is 23.4 Å². The molecule has 6 rings (SSSR count). The number of halogens is 3. The van der Waals surface area contributed by atoms with Crippen LogP contribution < -0.4 is 19.9 Å². The molecule has 41 heavy (non-hydrogen) atoms. The van der Waals surface area contributed by atoms with Gasteiger partial charge in [0.2, 0.25) is 0 Å². The van der Waals surface area contributed by atoms with Crippen LogP contribution in [0.3, 0.4) is 0 Å². The summed E-state index contributed by atoms with van der Waals surface area (Å²) < 4.78 is 47.0. The van der Waals surface area contributed by atoms with E-state index in [4.69, 9.17) is 9.72 Å². The monoisotopic (exact) mass is 566 g/mol. The topological polar surface area (TPSA) is 91.1 Å². The Labute approximate surface area is 234 Å². The minimum Gasteiger partial charge on any atom is -0.486 e. The summed E-state index contributed by atoms with van der Waals surface area (Å²) in [6.07, 6.45) is 0.959. The minimum absolute atomic E-state index is 0.0414. The number of fused-ring (bicyclic) bond motifs is 1. The van der Waals surface area contributed by atoms with Gasteiger partial charge in [0.15, 0.2) is 5.65 Å². The van der Waals surface area contributed by atoms with Crippen molar-refractivity contribution in [3.05, 3.63) is 71.8 Å². The molecule has 0 spiro atoms. The molecule has 1 N–H and O–H groups in total. The maximum absolute atomic E-state index is 13.0. The Balaban J connectivity index is 1.11. The molecule has 0 radical (unpaired) electrons. The number of likely N-dealkylation sites (N-methyl/N-ethyl adjacent to an activating group) is 1. The molecular weight excluding hydrogens is 537 g/mol. The third-order valence-electron chi connectivity index (χ3n) is 7.42. The number of ether oxygens (including phenoxy) is 1. The number of aryl methyl sites for hydroxylation is 1. The van der Waals surface area contributed by atoms with Crippen LogP contribution in [0.15, 0.2) is 55.1 Å². The number of hydrogen-bond donors (Lipinski definition) is 1. The third-order valence-corrected chi connectivity index (χ3v) is 7.42. The Kier molecular flexibility index (Phi) is 6.89. The molecule has 2 aliphatic heterocycles. The average Bonchev–Trinajstić information content (AvgIpc) is 3.34. The van der Waals surface area contributed by atoms with Crippen LogP contribution in [-0.4, -0.2) is 82.8 Å². The summed E-state index contributed by atoms with van der Waals surface area (Å²) >= 11 is 0. The molecule has 10 nitrogen and oxygen atoms in total. The smallest absolute Gasteiger partial charge is 0.417 e. The van der Waals surface area contributed by atoms with Crippen molar-refractivity contribution in [1.82, 2.24) is 24.5 Å². The molecule has 0 atom stereocenters. The number of aromatic nitrogens is 4. The summed E-state index contributed by atoms with van der Waals surface area (Å²) in [5, 5.41) is 6.95. The summed E-state index contributed by atoms with van der Waals surface area (Å²) in [4.78, 5) is 28.0. The molecule has 0 bridgehead atoms. The molecule has 0 saturated carbocycles. The first-order valence-corrected chi connectivity index (χ1v) is 13.3. The molecule has 3 aromatic heterocycles. The number of nitrogens with zero attached hydrogens (tertiary/aromatic N) is 7. The second-order valence-corrected chi connectivity index (χ2v) is 10.4. The van der Waals surface area contributed by atoms with Gasteiger partial charge in [-0.05, 0) is 43.8 Å². The predicted octanol–water partition coefficient (Wildman–Crippen LogP) is 3.72. The predicted molar refractivity (Wildman–Crippen MR) is 148 cm³/mol. The van der Waals surface area contributed by atoms with E-state index < -0.39 is 17.6 Å². The second kappa shape index (κ2) is 10.5. The second-order valence-electron chi connectivity index (χ2n) is 10.4. The van der Waals surface area contributed by atoms with Crippen LogP contribution in [0, 0.1) is 6.92 Å². The highest BCUT2D eigenvalue weighted by Gasteiger charge is 2.33. The van der Waals surface area contributed by atoms with E-state index in [1.54, 1.807) is 22.7 Å². The maximum Gasteiger partial charge on any atom is 0.417 e. The van der Waals surface area contributed by atoms with Crippen LogP contribution >= 0.6 is 0 Å². The van der Waals surface area contributed by atoms with Crippen molar-refractivity contribution >= 4 is 28.7 Å². The van der Waals surface area contributed by atoms with Crippen molar-refractivity contribution < 1.29 is 22.7 Å². The van der Waals surface area contributed by atoms with E-state index in [2.05, 4.69) is 37.1 Å². The fourth-order valence-electron chi connectivity index (χ4n) is 4.91. The van der Waals surface area contributed by atoms with Gasteiger partial charge in [0, 0.05) is 44.1 Å². The van der Waals surface area contributed by atoms with Crippen molar-refractivity contribution in [3.8, 4) is 5.75 Å². The molecule has 214 valence electrons. The quantitative estimate of drug-likeness (QED) is 0.378. The molecule has 0 aliphatic carbocycles.